The van der Waals surface area contributed by atoms with E-state index in [0.717, 1.165) is 10.8 Å². The summed E-state index contributed by atoms with van der Waals surface area (Å²) >= 11 is 0. The second-order valence-electron chi connectivity index (χ2n) is 4.72. The van der Waals surface area contributed by atoms with Gasteiger partial charge in [-0.15, -0.1) is 0 Å². The van der Waals surface area contributed by atoms with E-state index < -0.39 is 6.10 Å². The fraction of sp³-hybridized carbons (Fsp3) is 0.250. The van der Waals surface area contributed by atoms with Crippen LogP contribution in [0, 0.1) is 0 Å². The molecule has 5 nitrogen and oxygen atoms in total. The molecule has 2 aromatic carbocycles. The van der Waals surface area contributed by atoms with E-state index in [-0.39, 0.29) is 5.91 Å². The first-order valence-corrected chi connectivity index (χ1v) is 6.67. The molecule has 0 aliphatic heterocycles. The zero-order chi connectivity index (χ0) is 15.4. The molecule has 0 saturated heterocycles. The van der Waals surface area contributed by atoms with Gasteiger partial charge in [0.05, 0.1) is 5.71 Å². The van der Waals surface area contributed by atoms with Crippen molar-refractivity contribution in [2.24, 2.45) is 5.16 Å². The van der Waals surface area contributed by atoms with E-state index in [0.29, 0.717) is 17.0 Å². The average Bonchev–Trinajstić information content (AvgIpc) is 2.53. The number of carbonyl (C=O) groups is 1. The lowest BCUT2D eigenvalue weighted by atomic mass is 10.0. The van der Waals surface area contributed by atoms with Gasteiger partial charge in [-0.2, -0.15) is 0 Å². The minimum Gasteiger partial charge on any atom is -0.480 e. The molecule has 1 amide bonds. The molecular formula is C16H18N2O3. The van der Waals surface area contributed by atoms with Gasteiger partial charge in [-0.1, -0.05) is 35.5 Å². The molecule has 0 aromatic heterocycles. The third-order valence-electron chi connectivity index (χ3n) is 3.33. The molecule has 0 heterocycles. The zero-order valence-electron chi connectivity index (χ0n) is 12.3. The van der Waals surface area contributed by atoms with Gasteiger partial charge in [0.15, 0.2) is 6.10 Å². The highest BCUT2D eigenvalue weighted by Crippen LogP contribution is 2.31. The number of oxime groups is 1. The third kappa shape index (κ3) is 2.97. The topological polar surface area (TPSA) is 70.9 Å². The van der Waals surface area contributed by atoms with E-state index >= 15 is 0 Å². The van der Waals surface area contributed by atoms with Crippen LogP contribution in [0.15, 0.2) is 41.6 Å². The fourth-order valence-corrected chi connectivity index (χ4v) is 2.14. The number of rotatable bonds is 4. The number of nitrogens with zero attached hydrogens (tertiary/aromatic N) is 1. The molecule has 1 unspecified atom stereocenters. The first-order valence-electron chi connectivity index (χ1n) is 6.67. The Kier molecular flexibility index (Phi) is 4.42. The van der Waals surface area contributed by atoms with Gasteiger partial charge in [0, 0.05) is 18.0 Å². The van der Waals surface area contributed by atoms with E-state index in [9.17, 15) is 4.79 Å². The summed E-state index contributed by atoms with van der Waals surface area (Å²) in [7, 11) is 1.56. The van der Waals surface area contributed by atoms with E-state index in [1.807, 2.05) is 36.4 Å². The van der Waals surface area contributed by atoms with Crippen molar-refractivity contribution in [2.45, 2.75) is 20.0 Å². The van der Waals surface area contributed by atoms with Gasteiger partial charge in [0.25, 0.3) is 5.91 Å². The predicted octanol–water partition coefficient (Wildman–Crippen LogP) is 2.55. The van der Waals surface area contributed by atoms with Crippen LogP contribution in [0.25, 0.3) is 10.8 Å². The fourth-order valence-electron chi connectivity index (χ4n) is 2.14. The van der Waals surface area contributed by atoms with Crippen molar-refractivity contribution in [2.75, 3.05) is 7.05 Å². The molecule has 0 aliphatic rings. The first-order chi connectivity index (χ1) is 10.1. The van der Waals surface area contributed by atoms with Gasteiger partial charge < -0.3 is 15.3 Å². The van der Waals surface area contributed by atoms with Crippen LogP contribution in [0.3, 0.4) is 0 Å². The highest BCUT2D eigenvalue weighted by Gasteiger charge is 2.18. The van der Waals surface area contributed by atoms with Crippen LogP contribution in [0.2, 0.25) is 0 Å². The van der Waals surface area contributed by atoms with Crippen LogP contribution in [0.1, 0.15) is 19.4 Å². The van der Waals surface area contributed by atoms with E-state index in [4.69, 9.17) is 9.94 Å². The molecule has 1 atom stereocenters. The number of amides is 1. The number of nitrogens with one attached hydrogen (secondary N) is 1. The van der Waals surface area contributed by atoms with Gasteiger partial charge >= 0.3 is 0 Å². The van der Waals surface area contributed by atoms with Crippen LogP contribution < -0.4 is 10.1 Å². The second kappa shape index (κ2) is 6.26. The minimum absolute atomic E-state index is 0.215. The second-order valence-corrected chi connectivity index (χ2v) is 4.72. The lowest BCUT2D eigenvalue weighted by Crippen LogP contribution is -2.34. The van der Waals surface area contributed by atoms with Gasteiger partial charge in [-0.25, -0.2) is 0 Å². The van der Waals surface area contributed by atoms with Gasteiger partial charge in [0.1, 0.15) is 5.75 Å². The Labute approximate surface area is 123 Å². The monoisotopic (exact) mass is 286 g/mol. The quantitative estimate of drug-likeness (QED) is 0.515. The molecule has 2 aromatic rings. The zero-order valence-corrected chi connectivity index (χ0v) is 12.3. The van der Waals surface area contributed by atoms with Crippen LogP contribution >= 0.6 is 0 Å². The molecule has 5 heteroatoms. The molecule has 0 spiro atoms. The molecule has 2 rings (SSSR count). The maximum absolute atomic E-state index is 11.7. The molecule has 0 radical (unpaired) electrons. The molecule has 0 fully saturated rings. The Morgan fingerprint density at radius 1 is 1.29 bits per heavy atom. The summed E-state index contributed by atoms with van der Waals surface area (Å²) < 4.78 is 5.83. The maximum atomic E-state index is 11.7. The summed E-state index contributed by atoms with van der Waals surface area (Å²) in [6.45, 7) is 3.36. The van der Waals surface area contributed by atoms with Gasteiger partial charge in [0.2, 0.25) is 0 Å². The Balaban J connectivity index is 2.58. The van der Waals surface area contributed by atoms with E-state index in [1.54, 1.807) is 20.9 Å². The van der Waals surface area contributed by atoms with Crippen LogP contribution in [0.4, 0.5) is 0 Å². The van der Waals surface area contributed by atoms with Crippen molar-refractivity contribution >= 4 is 22.4 Å². The average molecular weight is 286 g/mol. The highest BCUT2D eigenvalue weighted by molar-refractivity contribution is 6.06. The van der Waals surface area contributed by atoms with Crippen molar-refractivity contribution in [3.05, 3.63) is 42.0 Å². The molecule has 2 N–H and O–H groups in total. The number of likely N-dealkylation sites (N-methyl/N-ethyl adjacent to an activating group) is 1. The molecule has 110 valence electrons. The molecule has 0 aliphatic carbocycles. The lowest BCUT2D eigenvalue weighted by Gasteiger charge is -2.18. The van der Waals surface area contributed by atoms with Crippen LogP contribution in [0.5, 0.6) is 5.75 Å². The van der Waals surface area contributed by atoms with Crippen molar-refractivity contribution < 1.29 is 14.7 Å². The summed E-state index contributed by atoms with van der Waals surface area (Å²) in [6, 6.07) is 11.5. The molecule has 0 bridgehead atoms. The first kappa shape index (κ1) is 14.8. The van der Waals surface area contributed by atoms with Crippen molar-refractivity contribution in [3.8, 4) is 5.75 Å². The SMILES string of the molecule is CNC(=O)C(C)Oc1c(/C(C)=N/O)ccc2ccccc12. The Morgan fingerprint density at radius 2 is 2.00 bits per heavy atom. The summed E-state index contributed by atoms with van der Waals surface area (Å²) in [4.78, 5) is 11.7. The predicted molar refractivity (Wildman–Crippen MR) is 82.1 cm³/mol. The highest BCUT2D eigenvalue weighted by atomic mass is 16.5. The van der Waals surface area contributed by atoms with E-state index in [1.165, 1.54) is 0 Å². The lowest BCUT2D eigenvalue weighted by molar-refractivity contribution is -0.126. The summed E-state index contributed by atoms with van der Waals surface area (Å²) in [5.74, 6) is 0.326. The van der Waals surface area contributed by atoms with Gasteiger partial charge in [-0.05, 0) is 25.3 Å². The van der Waals surface area contributed by atoms with Gasteiger partial charge in [-0.3, -0.25) is 4.79 Å². The summed E-state index contributed by atoms with van der Waals surface area (Å²) in [6.07, 6.45) is -0.647. The molecule has 0 saturated carbocycles. The van der Waals surface area contributed by atoms with Crippen molar-refractivity contribution in [1.29, 1.82) is 0 Å². The van der Waals surface area contributed by atoms with Crippen LogP contribution in [-0.2, 0) is 4.79 Å². The number of fused-ring (bicyclic) bond motifs is 1. The number of carbonyl (C=O) groups excluding carboxylic acids is 1. The smallest absolute Gasteiger partial charge is 0.260 e. The summed E-state index contributed by atoms with van der Waals surface area (Å²) in [5.41, 5.74) is 1.09. The Bertz CT molecular complexity index is 695. The number of ether oxygens (including phenoxy) is 1. The Morgan fingerprint density at radius 3 is 2.67 bits per heavy atom. The van der Waals surface area contributed by atoms with Crippen LogP contribution in [-0.4, -0.2) is 30.0 Å². The summed E-state index contributed by atoms with van der Waals surface area (Å²) in [5, 5.41) is 16.7. The van der Waals surface area contributed by atoms with Crippen molar-refractivity contribution in [3.63, 3.8) is 0 Å². The van der Waals surface area contributed by atoms with E-state index in [2.05, 4.69) is 10.5 Å². The maximum Gasteiger partial charge on any atom is 0.260 e. The number of hydrogen-bond donors (Lipinski definition) is 2. The largest absolute Gasteiger partial charge is 0.480 e. The number of hydrogen-bond acceptors (Lipinski definition) is 4. The normalized spacial score (nSPS) is 13.0. The Hall–Kier alpha value is -2.56. The van der Waals surface area contributed by atoms with Crippen molar-refractivity contribution in [1.82, 2.24) is 5.32 Å². The third-order valence-corrected chi connectivity index (χ3v) is 3.33. The molecule has 21 heavy (non-hydrogen) atoms. The number of benzene rings is 2. The molecular weight excluding hydrogens is 268 g/mol. The minimum atomic E-state index is -0.647. The standard InChI is InChI=1S/C16H18N2O3/c1-10(18-20)13-9-8-12-6-4-5-7-14(12)15(13)21-11(2)16(19)17-3/h4-9,11,20H,1-3H3,(H,17,19)/b18-10+.